The maximum atomic E-state index is 12.8. The van der Waals surface area contributed by atoms with Gasteiger partial charge in [-0.2, -0.15) is 13.2 Å². The van der Waals surface area contributed by atoms with E-state index in [0.717, 1.165) is 19.2 Å². The second kappa shape index (κ2) is 7.14. The molecular formula is C11H12BrClF3NO3. The molecule has 1 aromatic carbocycles. The summed E-state index contributed by atoms with van der Waals surface area (Å²) in [7, 11) is 1.10. The summed E-state index contributed by atoms with van der Waals surface area (Å²) in [5.74, 6) is -1.40. The van der Waals surface area contributed by atoms with E-state index in [9.17, 15) is 23.1 Å². The van der Waals surface area contributed by atoms with Gasteiger partial charge in [-0.25, -0.2) is 0 Å². The number of rotatable bonds is 3. The number of alkyl halides is 3. The molecule has 1 atom stereocenters. The third-order valence-corrected chi connectivity index (χ3v) is 3.10. The number of phenolic OH excluding ortho intramolecular Hbond substituents is 1. The third-order valence-electron chi connectivity index (χ3n) is 2.46. The van der Waals surface area contributed by atoms with Crippen LogP contribution in [0.1, 0.15) is 23.6 Å². The van der Waals surface area contributed by atoms with Crippen molar-refractivity contribution < 1.29 is 27.8 Å². The number of nitrogens with two attached hydrogens (primary N) is 1. The molecule has 0 radical (unpaired) electrons. The van der Waals surface area contributed by atoms with Gasteiger partial charge in [0, 0.05) is 11.6 Å². The van der Waals surface area contributed by atoms with Crippen molar-refractivity contribution in [1.29, 1.82) is 0 Å². The molecule has 20 heavy (non-hydrogen) atoms. The maximum Gasteiger partial charge on any atom is 0.416 e. The number of carbonyl (C=O) groups excluding carboxylic acids is 1. The first kappa shape index (κ1) is 19.0. The highest BCUT2D eigenvalue weighted by atomic mass is 79.9. The molecule has 0 fully saturated rings. The summed E-state index contributed by atoms with van der Waals surface area (Å²) < 4.78 is 42.9. The van der Waals surface area contributed by atoms with Gasteiger partial charge < -0.3 is 15.6 Å². The Morgan fingerprint density at radius 3 is 2.50 bits per heavy atom. The van der Waals surface area contributed by atoms with Gasteiger partial charge in [0.2, 0.25) is 0 Å². The summed E-state index contributed by atoms with van der Waals surface area (Å²) in [6.45, 7) is 0. The van der Waals surface area contributed by atoms with Gasteiger partial charge in [0.1, 0.15) is 5.75 Å². The van der Waals surface area contributed by atoms with Crippen molar-refractivity contribution in [2.24, 2.45) is 5.73 Å². The Balaban J connectivity index is 0.00000361. The second-order valence-corrected chi connectivity index (χ2v) is 4.60. The summed E-state index contributed by atoms with van der Waals surface area (Å²) in [5.41, 5.74) is 3.94. The lowest BCUT2D eigenvalue weighted by Crippen LogP contribution is -2.21. The van der Waals surface area contributed by atoms with Crippen LogP contribution in [0.4, 0.5) is 13.2 Å². The Morgan fingerprint density at radius 1 is 1.50 bits per heavy atom. The van der Waals surface area contributed by atoms with Crippen molar-refractivity contribution >= 4 is 34.3 Å². The molecule has 0 aliphatic rings. The van der Waals surface area contributed by atoms with Crippen LogP contribution in [0, 0.1) is 0 Å². The number of halogens is 5. The molecule has 9 heteroatoms. The van der Waals surface area contributed by atoms with E-state index >= 15 is 0 Å². The van der Waals surface area contributed by atoms with E-state index in [2.05, 4.69) is 20.7 Å². The van der Waals surface area contributed by atoms with E-state index in [0.29, 0.717) is 0 Å². The van der Waals surface area contributed by atoms with Gasteiger partial charge in [0.25, 0.3) is 0 Å². The highest BCUT2D eigenvalue weighted by Gasteiger charge is 2.37. The van der Waals surface area contributed by atoms with Gasteiger partial charge in [0.05, 0.1) is 23.6 Å². The van der Waals surface area contributed by atoms with Crippen molar-refractivity contribution in [3.8, 4) is 5.75 Å². The van der Waals surface area contributed by atoms with E-state index < -0.39 is 41.5 Å². The Hall–Kier alpha value is -0.990. The minimum Gasteiger partial charge on any atom is -0.506 e. The molecule has 1 rings (SSSR count). The topological polar surface area (TPSA) is 72.5 Å². The fourth-order valence-corrected chi connectivity index (χ4v) is 1.91. The van der Waals surface area contributed by atoms with Crippen LogP contribution >= 0.6 is 28.3 Å². The molecule has 0 aromatic heterocycles. The average molecular weight is 379 g/mol. The number of aromatic hydroxyl groups is 1. The van der Waals surface area contributed by atoms with Crippen LogP contribution in [0.25, 0.3) is 0 Å². The van der Waals surface area contributed by atoms with Crippen LogP contribution < -0.4 is 5.73 Å². The van der Waals surface area contributed by atoms with Crippen molar-refractivity contribution in [3.63, 3.8) is 0 Å². The zero-order chi connectivity index (χ0) is 14.8. The molecule has 0 unspecified atom stereocenters. The molecular weight excluding hydrogens is 366 g/mol. The van der Waals surface area contributed by atoms with Gasteiger partial charge >= 0.3 is 12.1 Å². The highest BCUT2D eigenvalue weighted by molar-refractivity contribution is 9.10. The SMILES string of the molecule is COC(=O)C[C@@H](N)c1c(C(F)(F)F)ccc(Br)c1O.Cl. The molecule has 0 saturated carbocycles. The molecule has 114 valence electrons. The largest absolute Gasteiger partial charge is 0.506 e. The van der Waals surface area contributed by atoms with Crippen LogP contribution in [0.2, 0.25) is 0 Å². The number of carbonyl (C=O) groups is 1. The zero-order valence-corrected chi connectivity index (χ0v) is 12.6. The Kier molecular flexibility index (Phi) is 6.79. The zero-order valence-electron chi connectivity index (χ0n) is 10.2. The average Bonchev–Trinajstić information content (AvgIpc) is 2.30. The number of esters is 1. The first-order valence-electron chi connectivity index (χ1n) is 5.09. The molecule has 0 aliphatic carbocycles. The molecule has 4 nitrogen and oxygen atoms in total. The van der Waals surface area contributed by atoms with E-state index in [1.165, 1.54) is 0 Å². The van der Waals surface area contributed by atoms with E-state index in [4.69, 9.17) is 5.73 Å². The summed E-state index contributed by atoms with van der Waals surface area (Å²) >= 11 is 2.91. The van der Waals surface area contributed by atoms with Crippen molar-refractivity contribution in [3.05, 3.63) is 27.7 Å². The van der Waals surface area contributed by atoms with Gasteiger partial charge in [0.15, 0.2) is 0 Å². The normalized spacial score (nSPS) is 12.5. The molecule has 0 aliphatic heterocycles. The fourth-order valence-electron chi connectivity index (χ4n) is 1.57. The Bertz CT molecular complexity index is 497. The number of ether oxygens (including phenoxy) is 1. The lowest BCUT2D eigenvalue weighted by atomic mass is 9.97. The van der Waals surface area contributed by atoms with Gasteiger partial charge in [-0.3, -0.25) is 4.79 Å². The van der Waals surface area contributed by atoms with Gasteiger partial charge in [-0.05, 0) is 28.1 Å². The molecule has 0 heterocycles. The number of benzene rings is 1. The van der Waals surface area contributed by atoms with Crippen LogP contribution in [0.5, 0.6) is 5.75 Å². The molecule has 0 amide bonds. The summed E-state index contributed by atoms with van der Waals surface area (Å²) in [5, 5.41) is 9.72. The summed E-state index contributed by atoms with van der Waals surface area (Å²) in [6, 6.07) is 0.532. The molecule has 1 aromatic rings. The maximum absolute atomic E-state index is 12.8. The number of methoxy groups -OCH3 is 1. The predicted molar refractivity (Wildman–Crippen MR) is 71.6 cm³/mol. The highest BCUT2D eigenvalue weighted by Crippen LogP contribution is 2.42. The van der Waals surface area contributed by atoms with E-state index in [1.54, 1.807) is 0 Å². The lowest BCUT2D eigenvalue weighted by molar-refractivity contribution is -0.142. The molecule has 0 spiro atoms. The third kappa shape index (κ3) is 4.26. The van der Waals surface area contributed by atoms with Crippen molar-refractivity contribution in [2.75, 3.05) is 7.11 Å². The smallest absolute Gasteiger partial charge is 0.416 e. The molecule has 0 saturated heterocycles. The second-order valence-electron chi connectivity index (χ2n) is 3.74. The van der Waals surface area contributed by atoms with Crippen molar-refractivity contribution in [1.82, 2.24) is 0 Å². The first-order valence-corrected chi connectivity index (χ1v) is 5.88. The fraction of sp³-hybridized carbons (Fsp3) is 0.364. The van der Waals surface area contributed by atoms with Crippen molar-refractivity contribution in [2.45, 2.75) is 18.6 Å². The van der Waals surface area contributed by atoms with E-state index in [-0.39, 0.29) is 16.9 Å². The standard InChI is InChI=1S/C11H11BrF3NO3.ClH/c1-19-8(17)4-7(16)9-5(11(13,14)15)2-3-6(12)10(9)18;/h2-3,7,18H,4,16H2,1H3;1H/t7-;/m1./s1. The first-order chi connectivity index (χ1) is 8.68. The summed E-state index contributed by atoms with van der Waals surface area (Å²) in [6.07, 6.45) is -5.15. The number of phenols is 1. The van der Waals surface area contributed by atoms with Gasteiger partial charge in [-0.1, -0.05) is 0 Å². The minimum atomic E-state index is -4.68. The molecule has 0 bridgehead atoms. The predicted octanol–water partition coefficient (Wildman–Crippen LogP) is 3.16. The number of hydrogen-bond acceptors (Lipinski definition) is 4. The van der Waals surface area contributed by atoms with Gasteiger partial charge in [-0.15, -0.1) is 12.4 Å². The molecule has 3 N–H and O–H groups in total. The summed E-state index contributed by atoms with van der Waals surface area (Å²) in [4.78, 5) is 11.1. The Morgan fingerprint density at radius 2 is 2.05 bits per heavy atom. The minimum absolute atomic E-state index is 0. The van der Waals surface area contributed by atoms with Crippen LogP contribution in [0.3, 0.4) is 0 Å². The monoisotopic (exact) mass is 377 g/mol. The van der Waals surface area contributed by atoms with Crippen LogP contribution in [-0.4, -0.2) is 18.2 Å². The lowest BCUT2D eigenvalue weighted by Gasteiger charge is -2.19. The van der Waals surface area contributed by atoms with E-state index in [1.807, 2.05) is 0 Å². The van der Waals surface area contributed by atoms with Crippen LogP contribution in [0.15, 0.2) is 16.6 Å². The number of hydrogen-bond donors (Lipinski definition) is 2. The Labute approximate surface area is 127 Å². The van der Waals surface area contributed by atoms with Crippen LogP contribution in [-0.2, 0) is 15.7 Å². The quantitative estimate of drug-likeness (QED) is 0.793.